The predicted octanol–water partition coefficient (Wildman–Crippen LogP) is -3.90. The number of aliphatic hydroxyl groups excluding tert-OH is 4. The lowest BCUT2D eigenvalue weighted by molar-refractivity contribution is -0.349. The summed E-state index contributed by atoms with van der Waals surface area (Å²) in [4.78, 5) is 22.7. The average Bonchev–Trinajstić information content (AvgIpc) is 2.62. The first-order valence-corrected chi connectivity index (χ1v) is 7.83. The number of methoxy groups -OCH3 is 2. The van der Waals surface area contributed by atoms with E-state index in [1.54, 1.807) is 0 Å². The molecular weight excluding hydrogens is 376 g/mol. The highest BCUT2D eigenvalue weighted by molar-refractivity contribution is 5.74. The van der Waals surface area contributed by atoms with Crippen molar-refractivity contribution in [2.24, 2.45) is 0 Å². The highest BCUT2D eigenvalue weighted by atomic mass is 16.7. The van der Waals surface area contributed by atoms with E-state index in [2.05, 4.69) is 0 Å². The van der Waals surface area contributed by atoms with Crippen LogP contribution in [0.3, 0.4) is 0 Å². The molecule has 10 atom stereocenters. The zero-order valence-electron chi connectivity index (χ0n) is 14.3. The minimum Gasteiger partial charge on any atom is -0.479 e. The molecule has 4 unspecified atom stereocenters. The van der Waals surface area contributed by atoms with Gasteiger partial charge in [0.1, 0.15) is 36.6 Å². The Morgan fingerprint density at radius 3 is 1.63 bits per heavy atom. The highest BCUT2D eigenvalue weighted by Crippen LogP contribution is 2.30. The summed E-state index contributed by atoms with van der Waals surface area (Å²) in [6.45, 7) is 0. The highest BCUT2D eigenvalue weighted by Gasteiger charge is 2.54. The molecule has 2 aliphatic heterocycles. The van der Waals surface area contributed by atoms with Crippen LogP contribution in [0, 0.1) is 0 Å². The Kier molecular flexibility index (Phi) is 7.07. The zero-order chi connectivity index (χ0) is 20.5. The van der Waals surface area contributed by atoms with Crippen molar-refractivity contribution in [2.75, 3.05) is 14.2 Å². The molecule has 0 saturated carbocycles. The summed E-state index contributed by atoms with van der Waals surface area (Å²) >= 11 is 0. The Labute approximate surface area is 152 Å². The van der Waals surface area contributed by atoms with Crippen LogP contribution in [-0.4, -0.2) is 118 Å². The number of carbonyl (C=O) groups is 2. The SMILES string of the molecule is CO[C@@H]1OC(C(=O)O)[C@@H](O[C@@H]2OC(C(=O)O)[C@@H](OC)[C@H](O)C2O)[C@H](O)C1O. The van der Waals surface area contributed by atoms with E-state index < -0.39 is 73.4 Å². The fourth-order valence-electron chi connectivity index (χ4n) is 2.95. The number of rotatable bonds is 6. The van der Waals surface area contributed by atoms with Gasteiger partial charge in [-0.3, -0.25) is 0 Å². The zero-order valence-corrected chi connectivity index (χ0v) is 14.3. The summed E-state index contributed by atoms with van der Waals surface area (Å²) in [5, 5.41) is 58.7. The number of hydrogen-bond acceptors (Lipinski definition) is 11. The Hall–Kier alpha value is -1.42. The standard InChI is InChI=1S/C14H22O13/c1-23-7-3(15)6(18)14(27-9(7)11(19)20)25-8-4(16)5(17)13(24-2)26-10(8)12(21)22/h3-10,13-18H,1-2H3,(H,19,20)(H,21,22)/t3-,4-,5?,6?,7+,8+,9?,10?,13-,14-/m1/s1. The minimum atomic E-state index is -1.86. The van der Waals surface area contributed by atoms with Gasteiger partial charge in [0.05, 0.1) is 0 Å². The lowest BCUT2D eigenvalue weighted by Gasteiger charge is -2.45. The largest absolute Gasteiger partial charge is 0.479 e. The molecule has 0 bridgehead atoms. The summed E-state index contributed by atoms with van der Waals surface area (Å²) in [6.07, 6.45) is -17.3. The molecule has 27 heavy (non-hydrogen) atoms. The van der Waals surface area contributed by atoms with Gasteiger partial charge in [-0.2, -0.15) is 0 Å². The van der Waals surface area contributed by atoms with Gasteiger partial charge in [0.15, 0.2) is 24.8 Å². The summed E-state index contributed by atoms with van der Waals surface area (Å²) in [7, 11) is 2.22. The number of hydrogen-bond donors (Lipinski definition) is 6. The Balaban J connectivity index is 2.24. The van der Waals surface area contributed by atoms with Crippen molar-refractivity contribution in [1.82, 2.24) is 0 Å². The third-order valence-corrected chi connectivity index (χ3v) is 4.37. The summed E-state index contributed by atoms with van der Waals surface area (Å²) in [6, 6.07) is 0. The van der Waals surface area contributed by atoms with E-state index in [4.69, 9.17) is 23.7 Å². The monoisotopic (exact) mass is 398 g/mol. The number of carboxylic acid groups (broad SMARTS) is 2. The maximum absolute atomic E-state index is 11.4. The molecule has 13 heteroatoms. The van der Waals surface area contributed by atoms with Crippen LogP contribution in [0.15, 0.2) is 0 Å². The fraction of sp³-hybridized carbons (Fsp3) is 0.857. The van der Waals surface area contributed by atoms with E-state index in [9.17, 15) is 40.2 Å². The molecule has 2 saturated heterocycles. The van der Waals surface area contributed by atoms with Gasteiger partial charge in [-0.15, -0.1) is 0 Å². The number of aliphatic carboxylic acids is 2. The van der Waals surface area contributed by atoms with Crippen LogP contribution in [0.25, 0.3) is 0 Å². The average molecular weight is 398 g/mol. The minimum absolute atomic E-state index is 1.10. The van der Waals surface area contributed by atoms with Crippen LogP contribution < -0.4 is 0 Å². The molecule has 0 aromatic carbocycles. The molecule has 2 aliphatic rings. The van der Waals surface area contributed by atoms with Crippen LogP contribution in [0.2, 0.25) is 0 Å². The van der Waals surface area contributed by atoms with Crippen molar-refractivity contribution in [3.63, 3.8) is 0 Å². The van der Waals surface area contributed by atoms with E-state index in [0.717, 1.165) is 14.2 Å². The van der Waals surface area contributed by atoms with Crippen molar-refractivity contribution in [2.45, 2.75) is 61.4 Å². The lowest BCUT2D eigenvalue weighted by atomic mass is 9.96. The van der Waals surface area contributed by atoms with E-state index in [1.807, 2.05) is 0 Å². The van der Waals surface area contributed by atoms with Gasteiger partial charge in [0.25, 0.3) is 0 Å². The van der Waals surface area contributed by atoms with E-state index in [-0.39, 0.29) is 0 Å². The molecule has 2 rings (SSSR count). The first-order chi connectivity index (χ1) is 12.6. The second-order valence-electron chi connectivity index (χ2n) is 6.03. The predicted molar refractivity (Wildman–Crippen MR) is 79.3 cm³/mol. The van der Waals surface area contributed by atoms with Crippen molar-refractivity contribution >= 4 is 11.9 Å². The molecule has 0 spiro atoms. The second-order valence-corrected chi connectivity index (χ2v) is 6.03. The maximum atomic E-state index is 11.4. The molecule has 0 aromatic rings. The van der Waals surface area contributed by atoms with Crippen molar-refractivity contribution in [3.05, 3.63) is 0 Å². The normalized spacial score (nSPS) is 45.4. The van der Waals surface area contributed by atoms with Crippen molar-refractivity contribution in [3.8, 4) is 0 Å². The third-order valence-electron chi connectivity index (χ3n) is 4.37. The fourth-order valence-corrected chi connectivity index (χ4v) is 2.95. The smallest absolute Gasteiger partial charge is 0.335 e. The molecule has 2 heterocycles. The van der Waals surface area contributed by atoms with Crippen LogP contribution >= 0.6 is 0 Å². The molecule has 0 amide bonds. The molecule has 2 fully saturated rings. The molecule has 0 aromatic heterocycles. The summed E-state index contributed by atoms with van der Waals surface area (Å²) in [5.74, 6) is -3.11. The van der Waals surface area contributed by atoms with Gasteiger partial charge in [0.2, 0.25) is 0 Å². The molecular formula is C14H22O13. The Morgan fingerprint density at radius 2 is 1.15 bits per heavy atom. The quantitative estimate of drug-likeness (QED) is 0.254. The first kappa shape index (κ1) is 21.9. The van der Waals surface area contributed by atoms with Gasteiger partial charge in [0, 0.05) is 14.2 Å². The van der Waals surface area contributed by atoms with Crippen molar-refractivity contribution < 1.29 is 63.9 Å². The summed E-state index contributed by atoms with van der Waals surface area (Å²) in [5.41, 5.74) is 0. The topological polar surface area (TPSA) is 202 Å². The van der Waals surface area contributed by atoms with Gasteiger partial charge < -0.3 is 54.3 Å². The van der Waals surface area contributed by atoms with Crippen LogP contribution in [-0.2, 0) is 33.3 Å². The first-order valence-electron chi connectivity index (χ1n) is 7.83. The molecule has 6 N–H and O–H groups in total. The lowest BCUT2D eigenvalue weighted by Crippen LogP contribution is -2.65. The molecule has 0 aliphatic carbocycles. The number of carboxylic acids is 2. The Bertz CT molecular complexity index is 541. The Morgan fingerprint density at radius 1 is 0.704 bits per heavy atom. The molecule has 13 nitrogen and oxygen atoms in total. The number of ether oxygens (including phenoxy) is 5. The number of aliphatic hydroxyl groups is 4. The van der Waals surface area contributed by atoms with E-state index in [0.29, 0.717) is 0 Å². The van der Waals surface area contributed by atoms with E-state index >= 15 is 0 Å². The van der Waals surface area contributed by atoms with Crippen LogP contribution in [0.4, 0.5) is 0 Å². The second kappa shape index (κ2) is 8.72. The van der Waals surface area contributed by atoms with Gasteiger partial charge in [-0.05, 0) is 0 Å². The van der Waals surface area contributed by atoms with Gasteiger partial charge in [-0.25, -0.2) is 9.59 Å². The van der Waals surface area contributed by atoms with Crippen LogP contribution in [0.1, 0.15) is 0 Å². The molecule has 156 valence electrons. The summed E-state index contributed by atoms with van der Waals surface area (Å²) < 4.78 is 24.9. The van der Waals surface area contributed by atoms with Gasteiger partial charge in [-0.1, -0.05) is 0 Å². The van der Waals surface area contributed by atoms with Gasteiger partial charge >= 0.3 is 11.9 Å². The third kappa shape index (κ3) is 4.21. The van der Waals surface area contributed by atoms with Crippen LogP contribution in [0.5, 0.6) is 0 Å². The van der Waals surface area contributed by atoms with E-state index in [1.165, 1.54) is 0 Å². The maximum Gasteiger partial charge on any atom is 0.335 e. The van der Waals surface area contributed by atoms with Crippen molar-refractivity contribution in [1.29, 1.82) is 0 Å². The molecule has 0 radical (unpaired) electrons.